The quantitative estimate of drug-likeness (QED) is 0.172. The van der Waals surface area contributed by atoms with Gasteiger partial charge >= 0.3 is 0 Å². The van der Waals surface area contributed by atoms with E-state index in [0.29, 0.717) is 6.54 Å². The van der Waals surface area contributed by atoms with Crippen LogP contribution in [0.2, 0.25) is 0 Å². The first-order chi connectivity index (χ1) is 14.5. The summed E-state index contributed by atoms with van der Waals surface area (Å²) in [7, 11) is 0. The van der Waals surface area contributed by atoms with Crippen molar-refractivity contribution in [3.63, 3.8) is 0 Å². The van der Waals surface area contributed by atoms with Crippen LogP contribution in [0.5, 0.6) is 5.75 Å². The molecular weight excluding hydrogens is 505 g/mol. The molecule has 0 aliphatic carbocycles. The van der Waals surface area contributed by atoms with Crippen LogP contribution in [0.25, 0.3) is 0 Å². The number of rotatable bonds is 11. The number of hydrogen-bond donors (Lipinski definition) is 3. The van der Waals surface area contributed by atoms with Crippen LogP contribution >= 0.6 is 24.0 Å². The molecule has 31 heavy (non-hydrogen) atoms. The van der Waals surface area contributed by atoms with Gasteiger partial charge in [-0.3, -0.25) is 4.79 Å². The number of nitrogens with zero attached hydrogens (tertiary/aromatic N) is 2. The number of likely N-dealkylation sites (tertiary alicyclic amines) is 1. The van der Waals surface area contributed by atoms with Crippen molar-refractivity contribution in [2.45, 2.75) is 52.6 Å². The van der Waals surface area contributed by atoms with Crippen LogP contribution in [-0.2, 0) is 4.79 Å². The van der Waals surface area contributed by atoms with Crippen LogP contribution in [0.4, 0.5) is 0 Å². The first-order valence-electron chi connectivity index (χ1n) is 11.2. The minimum atomic E-state index is -0.146. The number of carbonyl (C=O) groups excluding carboxylic acids is 1. The van der Waals surface area contributed by atoms with E-state index >= 15 is 0 Å². The number of benzene rings is 1. The van der Waals surface area contributed by atoms with Crippen LogP contribution in [0.3, 0.4) is 0 Å². The number of halogens is 1. The Morgan fingerprint density at radius 3 is 2.68 bits per heavy atom. The molecule has 1 saturated heterocycles. The highest BCUT2D eigenvalue weighted by Gasteiger charge is 2.22. The molecule has 2 rings (SSSR count). The number of piperidine rings is 1. The molecule has 0 saturated carbocycles. The monoisotopic (exact) mass is 545 g/mol. The summed E-state index contributed by atoms with van der Waals surface area (Å²) in [6.07, 6.45) is 4.00. The zero-order valence-corrected chi connectivity index (χ0v) is 21.6. The van der Waals surface area contributed by atoms with Crippen molar-refractivity contribution in [1.82, 2.24) is 15.5 Å². The van der Waals surface area contributed by atoms with Gasteiger partial charge in [0.05, 0.1) is 6.54 Å². The van der Waals surface area contributed by atoms with E-state index in [1.165, 1.54) is 5.56 Å². The second-order valence-corrected chi connectivity index (χ2v) is 8.12. The third-order valence-corrected chi connectivity index (χ3v) is 5.36. The second kappa shape index (κ2) is 15.3. The van der Waals surface area contributed by atoms with Crippen LogP contribution in [-0.4, -0.2) is 62.1 Å². The van der Waals surface area contributed by atoms with Gasteiger partial charge in [-0.15, -0.1) is 24.0 Å². The van der Waals surface area contributed by atoms with Gasteiger partial charge in [-0.05, 0) is 83.8 Å². The summed E-state index contributed by atoms with van der Waals surface area (Å²) < 4.78 is 5.96. The van der Waals surface area contributed by atoms with Crippen molar-refractivity contribution >= 4 is 35.8 Å². The van der Waals surface area contributed by atoms with Crippen LogP contribution in [0.1, 0.15) is 45.1 Å². The SMILES string of the molecule is CCNC(=NCC(C)Oc1cccc(C)c1)NCCCCN1CCC(C(N)=O)CC1.I. The third kappa shape index (κ3) is 11.0. The first kappa shape index (κ1) is 27.5. The topological polar surface area (TPSA) is 92.0 Å². The number of hydrogen-bond acceptors (Lipinski definition) is 4. The first-order valence-corrected chi connectivity index (χ1v) is 11.2. The van der Waals surface area contributed by atoms with Gasteiger partial charge in [0.25, 0.3) is 0 Å². The summed E-state index contributed by atoms with van der Waals surface area (Å²) >= 11 is 0. The predicted molar refractivity (Wildman–Crippen MR) is 138 cm³/mol. The molecule has 1 fully saturated rings. The molecular formula is C23H40IN5O2. The molecule has 0 radical (unpaired) electrons. The summed E-state index contributed by atoms with van der Waals surface area (Å²) in [5.41, 5.74) is 6.59. The lowest BCUT2D eigenvalue weighted by Crippen LogP contribution is -2.40. The average Bonchev–Trinajstić information content (AvgIpc) is 2.72. The maximum Gasteiger partial charge on any atom is 0.220 e. The van der Waals surface area contributed by atoms with Crippen molar-refractivity contribution in [1.29, 1.82) is 0 Å². The fourth-order valence-electron chi connectivity index (χ4n) is 3.63. The highest BCUT2D eigenvalue weighted by atomic mass is 127. The Labute approximate surface area is 204 Å². The number of amides is 1. The van der Waals surface area contributed by atoms with Gasteiger partial charge in [-0.25, -0.2) is 4.99 Å². The molecule has 7 nitrogen and oxygen atoms in total. The van der Waals surface area contributed by atoms with Crippen LogP contribution < -0.4 is 21.1 Å². The Balaban J connectivity index is 0.00000480. The van der Waals surface area contributed by atoms with Crippen molar-refractivity contribution < 1.29 is 9.53 Å². The largest absolute Gasteiger partial charge is 0.489 e. The summed E-state index contributed by atoms with van der Waals surface area (Å²) in [5, 5.41) is 6.71. The molecule has 8 heteroatoms. The molecule has 1 atom stereocenters. The van der Waals surface area contributed by atoms with Crippen molar-refractivity contribution in [2.24, 2.45) is 16.6 Å². The van der Waals surface area contributed by atoms with Crippen LogP contribution in [0.15, 0.2) is 29.3 Å². The average molecular weight is 546 g/mol. The smallest absolute Gasteiger partial charge is 0.220 e. The van der Waals surface area contributed by atoms with Crippen LogP contribution in [0, 0.1) is 12.8 Å². The Hall–Kier alpha value is -1.55. The summed E-state index contributed by atoms with van der Waals surface area (Å²) in [5.74, 6) is 1.64. The van der Waals surface area contributed by atoms with Gasteiger partial charge in [0.15, 0.2) is 5.96 Å². The Kier molecular flexibility index (Phi) is 13.6. The van der Waals surface area contributed by atoms with Gasteiger partial charge in [0.1, 0.15) is 11.9 Å². The molecule has 0 aromatic heterocycles. The summed E-state index contributed by atoms with van der Waals surface area (Å²) in [6.45, 7) is 11.5. The maximum atomic E-state index is 11.2. The fraction of sp³-hybridized carbons (Fsp3) is 0.652. The lowest BCUT2D eigenvalue weighted by molar-refractivity contribution is -0.123. The number of carbonyl (C=O) groups is 1. The molecule has 1 aromatic carbocycles. The molecule has 1 aromatic rings. The number of ether oxygens (including phenoxy) is 1. The number of aliphatic imine (C=N–C) groups is 1. The third-order valence-electron chi connectivity index (χ3n) is 5.36. The molecule has 176 valence electrons. The van der Waals surface area contributed by atoms with Crippen molar-refractivity contribution in [3.8, 4) is 5.75 Å². The van der Waals surface area contributed by atoms with E-state index in [2.05, 4.69) is 40.4 Å². The standard InChI is InChI=1S/C23H39N5O2.HI/c1-4-25-23(27-17-19(3)30-21-9-7-8-18(2)16-21)26-12-5-6-13-28-14-10-20(11-15-28)22(24)29;/h7-9,16,19-20H,4-6,10-15,17H2,1-3H3,(H2,24,29)(H2,25,26,27);1H. The highest BCUT2D eigenvalue weighted by Crippen LogP contribution is 2.17. The van der Waals surface area contributed by atoms with Gasteiger partial charge in [-0.1, -0.05) is 12.1 Å². The van der Waals surface area contributed by atoms with E-state index in [0.717, 1.165) is 70.1 Å². The van der Waals surface area contributed by atoms with E-state index < -0.39 is 0 Å². The number of guanidine groups is 1. The lowest BCUT2D eigenvalue weighted by atomic mass is 9.96. The molecule has 1 aliphatic heterocycles. The number of nitrogens with one attached hydrogen (secondary N) is 2. The van der Waals surface area contributed by atoms with Crippen molar-refractivity contribution in [3.05, 3.63) is 29.8 Å². The van der Waals surface area contributed by atoms with Gasteiger partial charge in [0.2, 0.25) is 5.91 Å². The molecule has 0 spiro atoms. The fourth-order valence-corrected chi connectivity index (χ4v) is 3.63. The summed E-state index contributed by atoms with van der Waals surface area (Å²) in [4.78, 5) is 18.3. The molecule has 4 N–H and O–H groups in total. The Morgan fingerprint density at radius 1 is 1.29 bits per heavy atom. The molecule has 0 bridgehead atoms. The molecule has 1 amide bonds. The maximum absolute atomic E-state index is 11.2. The number of nitrogens with two attached hydrogens (primary N) is 1. The van der Waals surface area contributed by atoms with Crippen molar-refractivity contribution in [2.75, 3.05) is 39.3 Å². The zero-order valence-electron chi connectivity index (χ0n) is 19.2. The summed E-state index contributed by atoms with van der Waals surface area (Å²) in [6, 6.07) is 8.09. The molecule has 1 heterocycles. The van der Waals surface area contributed by atoms with E-state index in [9.17, 15) is 4.79 Å². The minimum absolute atomic E-state index is 0. The second-order valence-electron chi connectivity index (χ2n) is 8.12. The van der Waals surface area contributed by atoms with E-state index in [4.69, 9.17) is 10.5 Å². The number of unbranched alkanes of at least 4 members (excludes halogenated alkanes) is 1. The van der Waals surface area contributed by atoms with E-state index in [-0.39, 0.29) is 41.9 Å². The Bertz CT molecular complexity index is 678. The van der Waals surface area contributed by atoms with Gasteiger partial charge < -0.3 is 26.0 Å². The predicted octanol–water partition coefficient (Wildman–Crippen LogP) is 2.91. The molecule has 1 unspecified atom stereocenters. The lowest BCUT2D eigenvalue weighted by Gasteiger charge is -2.30. The van der Waals surface area contributed by atoms with Gasteiger partial charge in [0, 0.05) is 19.0 Å². The molecule has 1 aliphatic rings. The van der Waals surface area contributed by atoms with E-state index in [1.807, 2.05) is 25.1 Å². The number of aryl methyl sites for hydroxylation is 1. The van der Waals surface area contributed by atoms with Gasteiger partial charge in [-0.2, -0.15) is 0 Å². The van der Waals surface area contributed by atoms with E-state index in [1.54, 1.807) is 0 Å². The Morgan fingerprint density at radius 2 is 2.03 bits per heavy atom. The zero-order chi connectivity index (χ0) is 21.8. The normalized spacial score (nSPS) is 16.3. The number of primary amides is 1. The minimum Gasteiger partial charge on any atom is -0.489 e. The highest BCUT2D eigenvalue weighted by molar-refractivity contribution is 14.0.